The zero-order valence-corrected chi connectivity index (χ0v) is 13.8. The second-order valence-corrected chi connectivity index (χ2v) is 5.73. The van der Waals surface area contributed by atoms with Crippen molar-refractivity contribution in [3.63, 3.8) is 0 Å². The summed E-state index contributed by atoms with van der Waals surface area (Å²) in [5, 5.41) is 3.38. The number of aldehydes is 1. The van der Waals surface area contributed by atoms with Crippen LogP contribution in [0.25, 0.3) is 0 Å². The van der Waals surface area contributed by atoms with Crippen LogP contribution in [0.3, 0.4) is 0 Å². The molecule has 0 aliphatic rings. The second kappa shape index (κ2) is 8.25. The average molecular weight is 332 g/mol. The molecule has 4 nitrogen and oxygen atoms in total. The zero-order valence-electron chi connectivity index (χ0n) is 12.3. The fourth-order valence-corrected chi connectivity index (χ4v) is 2.44. The number of ether oxygens (including phenoxy) is 1. The number of halogens is 2. The fourth-order valence-electron chi connectivity index (χ4n) is 1.89. The summed E-state index contributed by atoms with van der Waals surface area (Å²) in [4.78, 5) is 23.1. The van der Waals surface area contributed by atoms with Crippen molar-refractivity contribution in [3.8, 4) is 5.75 Å². The van der Waals surface area contributed by atoms with Crippen LogP contribution in [-0.2, 0) is 4.79 Å². The SMILES string of the molecule is CCCC(C)NC(=O)C(C)Oc1c(Cl)cc(Cl)cc1C=O. The van der Waals surface area contributed by atoms with Crippen LogP contribution in [0.15, 0.2) is 12.1 Å². The van der Waals surface area contributed by atoms with Crippen molar-refractivity contribution >= 4 is 35.4 Å². The van der Waals surface area contributed by atoms with E-state index < -0.39 is 6.10 Å². The summed E-state index contributed by atoms with van der Waals surface area (Å²) in [5.74, 6) is -0.0827. The van der Waals surface area contributed by atoms with Gasteiger partial charge in [0.2, 0.25) is 0 Å². The van der Waals surface area contributed by atoms with E-state index in [9.17, 15) is 9.59 Å². The van der Waals surface area contributed by atoms with Gasteiger partial charge in [-0.1, -0.05) is 36.5 Å². The summed E-state index contributed by atoms with van der Waals surface area (Å²) in [6, 6.07) is 2.98. The Kier molecular flexibility index (Phi) is 6.99. The number of rotatable bonds is 7. The van der Waals surface area contributed by atoms with Crippen LogP contribution in [0, 0.1) is 0 Å². The van der Waals surface area contributed by atoms with Crippen LogP contribution in [0.2, 0.25) is 10.0 Å². The molecule has 21 heavy (non-hydrogen) atoms. The Morgan fingerprint density at radius 1 is 1.38 bits per heavy atom. The topological polar surface area (TPSA) is 55.4 Å². The highest BCUT2D eigenvalue weighted by Crippen LogP contribution is 2.32. The molecule has 1 aromatic rings. The number of benzene rings is 1. The fraction of sp³-hybridized carbons (Fsp3) is 0.467. The van der Waals surface area contributed by atoms with Crippen molar-refractivity contribution in [2.45, 2.75) is 45.8 Å². The maximum atomic E-state index is 12.0. The Morgan fingerprint density at radius 2 is 2.05 bits per heavy atom. The molecule has 2 atom stereocenters. The number of hydrogen-bond donors (Lipinski definition) is 1. The molecule has 0 fully saturated rings. The molecule has 0 saturated heterocycles. The van der Waals surface area contributed by atoms with Gasteiger partial charge in [-0.05, 0) is 32.4 Å². The summed E-state index contributed by atoms with van der Waals surface area (Å²) in [7, 11) is 0. The molecule has 6 heteroatoms. The van der Waals surface area contributed by atoms with Crippen LogP contribution in [0.4, 0.5) is 0 Å². The molecule has 1 N–H and O–H groups in total. The lowest BCUT2D eigenvalue weighted by Crippen LogP contribution is -2.41. The molecule has 0 aliphatic carbocycles. The molecule has 0 saturated carbocycles. The van der Waals surface area contributed by atoms with Gasteiger partial charge in [-0.3, -0.25) is 9.59 Å². The lowest BCUT2D eigenvalue weighted by atomic mass is 10.2. The van der Waals surface area contributed by atoms with Gasteiger partial charge in [0.15, 0.2) is 12.4 Å². The van der Waals surface area contributed by atoms with Crippen molar-refractivity contribution < 1.29 is 14.3 Å². The minimum Gasteiger partial charge on any atom is -0.479 e. The summed E-state index contributed by atoms with van der Waals surface area (Å²) in [6.45, 7) is 5.58. The van der Waals surface area contributed by atoms with Gasteiger partial charge in [0.05, 0.1) is 10.6 Å². The molecule has 1 rings (SSSR count). The molecule has 0 aliphatic heterocycles. The number of nitrogens with one attached hydrogen (secondary N) is 1. The third-order valence-electron chi connectivity index (χ3n) is 2.94. The molecule has 0 aromatic heterocycles. The molecule has 0 spiro atoms. The minimum absolute atomic E-state index is 0.0692. The molecule has 1 amide bonds. The molecule has 0 radical (unpaired) electrons. The molecule has 2 unspecified atom stereocenters. The average Bonchev–Trinajstić information content (AvgIpc) is 2.41. The Bertz CT molecular complexity index is 520. The van der Waals surface area contributed by atoms with Crippen LogP contribution in [0.1, 0.15) is 44.0 Å². The third kappa shape index (κ3) is 5.21. The highest BCUT2D eigenvalue weighted by Gasteiger charge is 2.20. The highest BCUT2D eigenvalue weighted by atomic mass is 35.5. The predicted octanol–water partition coefficient (Wildman–Crippen LogP) is 3.88. The van der Waals surface area contributed by atoms with E-state index in [0.717, 1.165) is 12.8 Å². The zero-order chi connectivity index (χ0) is 16.0. The van der Waals surface area contributed by atoms with Crippen molar-refractivity contribution in [1.29, 1.82) is 0 Å². The first-order valence-corrected chi connectivity index (χ1v) is 7.55. The van der Waals surface area contributed by atoms with Crippen LogP contribution >= 0.6 is 23.2 Å². The molecular formula is C15H19Cl2NO3. The normalized spacial score (nSPS) is 13.4. The maximum Gasteiger partial charge on any atom is 0.260 e. The monoisotopic (exact) mass is 331 g/mol. The largest absolute Gasteiger partial charge is 0.479 e. The van der Waals surface area contributed by atoms with E-state index in [0.29, 0.717) is 11.3 Å². The molecule has 1 aromatic carbocycles. The molecular weight excluding hydrogens is 313 g/mol. The van der Waals surface area contributed by atoms with Crippen molar-refractivity contribution in [2.75, 3.05) is 0 Å². The number of amides is 1. The van der Waals surface area contributed by atoms with Gasteiger partial charge in [-0.2, -0.15) is 0 Å². The van der Waals surface area contributed by atoms with Crippen LogP contribution in [-0.4, -0.2) is 24.3 Å². The van der Waals surface area contributed by atoms with E-state index in [1.54, 1.807) is 6.92 Å². The predicted molar refractivity (Wildman–Crippen MR) is 84.5 cm³/mol. The Labute approximate surface area is 134 Å². The van der Waals surface area contributed by atoms with Gasteiger partial charge in [0, 0.05) is 11.1 Å². The summed E-state index contributed by atoms with van der Waals surface area (Å²) in [5.41, 5.74) is 0.216. The third-order valence-corrected chi connectivity index (χ3v) is 3.44. The lowest BCUT2D eigenvalue weighted by molar-refractivity contribution is -0.127. The summed E-state index contributed by atoms with van der Waals surface area (Å²) in [6.07, 6.45) is 1.70. The quantitative estimate of drug-likeness (QED) is 0.771. The number of carbonyl (C=O) groups is 2. The molecule has 116 valence electrons. The van der Waals surface area contributed by atoms with Crippen LogP contribution < -0.4 is 10.1 Å². The second-order valence-electron chi connectivity index (χ2n) is 4.88. The van der Waals surface area contributed by atoms with Crippen molar-refractivity contribution in [1.82, 2.24) is 5.32 Å². The first-order chi connectivity index (χ1) is 9.88. The first-order valence-electron chi connectivity index (χ1n) is 6.80. The van der Waals surface area contributed by atoms with E-state index >= 15 is 0 Å². The lowest BCUT2D eigenvalue weighted by Gasteiger charge is -2.19. The Hall–Kier alpha value is -1.26. The standard InChI is InChI=1S/C15H19Cl2NO3/c1-4-5-9(2)18-15(20)10(3)21-14-11(8-19)6-12(16)7-13(14)17/h6-10H,4-5H2,1-3H3,(H,18,20). The van der Waals surface area contributed by atoms with Gasteiger partial charge in [0.25, 0.3) is 5.91 Å². The Balaban J connectivity index is 2.81. The first kappa shape index (κ1) is 17.8. The van der Waals surface area contributed by atoms with Gasteiger partial charge >= 0.3 is 0 Å². The van der Waals surface area contributed by atoms with E-state index in [1.807, 2.05) is 13.8 Å². The van der Waals surface area contributed by atoms with Gasteiger partial charge in [-0.15, -0.1) is 0 Å². The number of hydrogen-bond acceptors (Lipinski definition) is 3. The highest BCUT2D eigenvalue weighted by molar-refractivity contribution is 6.36. The van der Waals surface area contributed by atoms with Crippen LogP contribution in [0.5, 0.6) is 5.75 Å². The van der Waals surface area contributed by atoms with Crippen molar-refractivity contribution in [3.05, 3.63) is 27.7 Å². The maximum absolute atomic E-state index is 12.0. The summed E-state index contributed by atoms with van der Waals surface area (Å²) < 4.78 is 5.53. The van der Waals surface area contributed by atoms with E-state index in [2.05, 4.69) is 5.32 Å². The smallest absolute Gasteiger partial charge is 0.260 e. The van der Waals surface area contributed by atoms with Gasteiger partial charge in [-0.25, -0.2) is 0 Å². The summed E-state index contributed by atoms with van der Waals surface area (Å²) >= 11 is 11.8. The molecule has 0 bridgehead atoms. The van der Waals surface area contributed by atoms with E-state index in [4.69, 9.17) is 27.9 Å². The number of carbonyl (C=O) groups excluding carboxylic acids is 2. The molecule has 0 heterocycles. The van der Waals surface area contributed by atoms with Gasteiger partial charge < -0.3 is 10.1 Å². The van der Waals surface area contributed by atoms with E-state index in [1.165, 1.54) is 12.1 Å². The minimum atomic E-state index is -0.762. The van der Waals surface area contributed by atoms with E-state index in [-0.39, 0.29) is 28.3 Å². The Morgan fingerprint density at radius 3 is 2.62 bits per heavy atom. The van der Waals surface area contributed by atoms with Crippen molar-refractivity contribution in [2.24, 2.45) is 0 Å². The van der Waals surface area contributed by atoms with Gasteiger partial charge in [0.1, 0.15) is 5.75 Å².